The second-order valence-electron chi connectivity index (χ2n) is 5.39. The topological polar surface area (TPSA) is 90.7 Å². The first-order chi connectivity index (χ1) is 9.83. The van der Waals surface area contributed by atoms with Crippen molar-refractivity contribution >= 4 is 0 Å². The first-order valence-corrected chi connectivity index (χ1v) is 7.18. The van der Waals surface area contributed by atoms with Crippen LogP contribution in [0.25, 0.3) is 11.5 Å². The Morgan fingerprint density at radius 2 is 2.10 bits per heavy atom. The highest BCUT2D eigenvalue weighted by Gasteiger charge is 2.22. The molecule has 2 aromatic heterocycles. The molecule has 1 aliphatic rings. The van der Waals surface area contributed by atoms with Crippen LogP contribution in [-0.4, -0.2) is 20.1 Å². The summed E-state index contributed by atoms with van der Waals surface area (Å²) in [5, 5.41) is 3.93. The summed E-state index contributed by atoms with van der Waals surface area (Å²) in [6.07, 6.45) is 12.2. The molecule has 1 unspecified atom stereocenters. The molecule has 0 saturated heterocycles. The molecule has 0 bridgehead atoms. The molecular formula is C14H19N5O. The van der Waals surface area contributed by atoms with Gasteiger partial charge in [0.15, 0.2) is 0 Å². The molecule has 2 N–H and O–H groups in total. The first-order valence-electron chi connectivity index (χ1n) is 7.18. The predicted octanol–water partition coefficient (Wildman–Crippen LogP) is 2.50. The van der Waals surface area contributed by atoms with Crippen LogP contribution in [0.1, 0.15) is 50.5 Å². The van der Waals surface area contributed by atoms with E-state index in [1.807, 2.05) is 0 Å². The van der Waals surface area contributed by atoms with Crippen LogP contribution in [0.3, 0.4) is 0 Å². The molecule has 0 radical (unpaired) electrons. The average molecular weight is 273 g/mol. The van der Waals surface area contributed by atoms with Crippen molar-refractivity contribution in [1.82, 2.24) is 20.1 Å². The van der Waals surface area contributed by atoms with E-state index in [0.29, 0.717) is 23.3 Å². The van der Waals surface area contributed by atoms with E-state index in [9.17, 15) is 0 Å². The molecule has 2 heterocycles. The normalized spacial score (nSPS) is 18.1. The maximum atomic E-state index is 6.18. The van der Waals surface area contributed by atoms with Crippen molar-refractivity contribution in [2.45, 2.75) is 44.6 Å². The van der Waals surface area contributed by atoms with E-state index in [4.69, 9.17) is 10.3 Å². The second kappa shape index (κ2) is 6.09. The summed E-state index contributed by atoms with van der Waals surface area (Å²) in [6.45, 7) is 0. The zero-order valence-corrected chi connectivity index (χ0v) is 11.4. The van der Waals surface area contributed by atoms with Crippen LogP contribution in [0.4, 0.5) is 0 Å². The minimum absolute atomic E-state index is 0.184. The Bertz CT molecular complexity index is 536. The predicted molar refractivity (Wildman–Crippen MR) is 73.4 cm³/mol. The zero-order chi connectivity index (χ0) is 13.8. The van der Waals surface area contributed by atoms with Crippen LogP contribution in [0.15, 0.2) is 23.1 Å². The maximum Gasteiger partial charge on any atom is 0.243 e. The number of nitrogens with zero attached hydrogens (tertiary/aromatic N) is 4. The quantitative estimate of drug-likeness (QED) is 0.920. The lowest BCUT2D eigenvalue weighted by atomic mass is 9.85. The van der Waals surface area contributed by atoms with Crippen molar-refractivity contribution in [3.8, 4) is 11.5 Å². The third kappa shape index (κ3) is 3.01. The molecule has 0 spiro atoms. The summed E-state index contributed by atoms with van der Waals surface area (Å²) >= 11 is 0. The van der Waals surface area contributed by atoms with Crippen LogP contribution in [0, 0.1) is 5.92 Å². The lowest BCUT2D eigenvalue weighted by molar-refractivity contribution is 0.284. The Labute approximate surface area is 117 Å². The smallest absolute Gasteiger partial charge is 0.243 e. The van der Waals surface area contributed by atoms with Crippen molar-refractivity contribution in [1.29, 1.82) is 0 Å². The van der Waals surface area contributed by atoms with Gasteiger partial charge < -0.3 is 10.3 Å². The summed E-state index contributed by atoms with van der Waals surface area (Å²) in [5.41, 5.74) is 6.79. The van der Waals surface area contributed by atoms with Gasteiger partial charge in [-0.25, -0.2) is 4.98 Å². The van der Waals surface area contributed by atoms with E-state index in [0.717, 1.165) is 6.42 Å². The van der Waals surface area contributed by atoms with Gasteiger partial charge in [-0.1, -0.05) is 37.3 Å². The summed E-state index contributed by atoms with van der Waals surface area (Å²) < 4.78 is 5.27. The van der Waals surface area contributed by atoms with Gasteiger partial charge >= 0.3 is 0 Å². The highest BCUT2D eigenvalue weighted by molar-refractivity contribution is 5.45. The van der Waals surface area contributed by atoms with Gasteiger partial charge in [-0.05, 0) is 12.3 Å². The highest BCUT2D eigenvalue weighted by Crippen LogP contribution is 2.30. The van der Waals surface area contributed by atoms with Gasteiger partial charge in [-0.3, -0.25) is 4.98 Å². The van der Waals surface area contributed by atoms with Gasteiger partial charge in [0.25, 0.3) is 0 Å². The third-order valence-corrected chi connectivity index (χ3v) is 3.86. The van der Waals surface area contributed by atoms with Crippen molar-refractivity contribution in [2.75, 3.05) is 0 Å². The molecule has 0 amide bonds. The second-order valence-corrected chi connectivity index (χ2v) is 5.39. The molecular weight excluding hydrogens is 254 g/mol. The Balaban J connectivity index is 1.66. The number of aromatic nitrogens is 4. The standard InChI is InChI=1S/C14H19N5O/c15-11(8-10-4-2-1-3-5-10)14-18-13(19-20-14)12-9-16-6-7-17-12/h6-7,9-11H,1-5,8,15H2. The van der Waals surface area contributed by atoms with Crippen molar-refractivity contribution in [3.63, 3.8) is 0 Å². The van der Waals surface area contributed by atoms with Gasteiger partial charge in [0, 0.05) is 12.4 Å². The largest absolute Gasteiger partial charge is 0.337 e. The molecule has 6 heteroatoms. The molecule has 3 rings (SSSR count). The van der Waals surface area contributed by atoms with Gasteiger partial charge in [-0.2, -0.15) is 4.98 Å². The van der Waals surface area contributed by atoms with E-state index in [-0.39, 0.29) is 6.04 Å². The van der Waals surface area contributed by atoms with Crippen molar-refractivity contribution < 1.29 is 4.52 Å². The molecule has 106 valence electrons. The SMILES string of the molecule is NC(CC1CCCCC1)c1nc(-c2cnccn2)no1. The third-order valence-electron chi connectivity index (χ3n) is 3.86. The number of nitrogens with two attached hydrogens (primary N) is 1. The van der Waals surface area contributed by atoms with Gasteiger partial charge in [-0.15, -0.1) is 0 Å². The molecule has 1 atom stereocenters. The number of hydrogen-bond acceptors (Lipinski definition) is 6. The summed E-state index contributed by atoms with van der Waals surface area (Å²) in [4.78, 5) is 12.5. The monoisotopic (exact) mass is 273 g/mol. The summed E-state index contributed by atoms with van der Waals surface area (Å²) in [5.74, 6) is 1.63. The van der Waals surface area contributed by atoms with Crippen LogP contribution in [0.5, 0.6) is 0 Å². The fourth-order valence-corrected chi connectivity index (χ4v) is 2.79. The number of rotatable bonds is 4. The fourth-order valence-electron chi connectivity index (χ4n) is 2.79. The molecule has 0 aromatic carbocycles. The zero-order valence-electron chi connectivity index (χ0n) is 11.4. The van der Waals surface area contributed by atoms with Gasteiger partial charge in [0.05, 0.1) is 12.2 Å². The van der Waals surface area contributed by atoms with Crippen LogP contribution < -0.4 is 5.73 Å². The lowest BCUT2D eigenvalue weighted by Crippen LogP contribution is -2.17. The van der Waals surface area contributed by atoms with Crippen LogP contribution in [-0.2, 0) is 0 Å². The Morgan fingerprint density at radius 3 is 2.85 bits per heavy atom. The van der Waals surface area contributed by atoms with Crippen molar-refractivity contribution in [2.24, 2.45) is 11.7 Å². The van der Waals surface area contributed by atoms with Gasteiger partial charge in [0.1, 0.15) is 5.69 Å². The average Bonchev–Trinajstić information content (AvgIpc) is 2.99. The molecule has 1 aliphatic carbocycles. The summed E-state index contributed by atoms with van der Waals surface area (Å²) in [6, 6.07) is -0.184. The van der Waals surface area contributed by atoms with E-state index in [1.54, 1.807) is 18.6 Å². The molecule has 0 aliphatic heterocycles. The molecule has 20 heavy (non-hydrogen) atoms. The van der Waals surface area contributed by atoms with E-state index >= 15 is 0 Å². The van der Waals surface area contributed by atoms with Crippen LogP contribution in [0.2, 0.25) is 0 Å². The molecule has 6 nitrogen and oxygen atoms in total. The van der Waals surface area contributed by atoms with Crippen molar-refractivity contribution in [3.05, 3.63) is 24.5 Å². The fraction of sp³-hybridized carbons (Fsp3) is 0.571. The Hall–Kier alpha value is -1.82. The van der Waals surface area contributed by atoms with E-state index in [1.165, 1.54) is 32.1 Å². The highest BCUT2D eigenvalue weighted by atomic mass is 16.5. The van der Waals surface area contributed by atoms with Gasteiger partial charge in [0.2, 0.25) is 11.7 Å². The first kappa shape index (κ1) is 13.2. The number of hydrogen-bond donors (Lipinski definition) is 1. The Morgan fingerprint density at radius 1 is 1.25 bits per heavy atom. The summed E-state index contributed by atoms with van der Waals surface area (Å²) in [7, 11) is 0. The minimum Gasteiger partial charge on any atom is -0.337 e. The minimum atomic E-state index is -0.184. The molecule has 2 aromatic rings. The molecule has 1 fully saturated rings. The van der Waals surface area contributed by atoms with E-state index < -0.39 is 0 Å². The Kier molecular flexibility index (Phi) is 4.01. The lowest BCUT2D eigenvalue weighted by Gasteiger charge is -2.22. The maximum absolute atomic E-state index is 6.18. The van der Waals surface area contributed by atoms with E-state index in [2.05, 4.69) is 20.1 Å². The molecule has 1 saturated carbocycles. The van der Waals surface area contributed by atoms with Crippen LogP contribution >= 0.6 is 0 Å².